The van der Waals surface area contributed by atoms with E-state index in [0.29, 0.717) is 71.9 Å². The number of phenols is 1. The Morgan fingerprint density at radius 1 is 0.612 bits per heavy atom. The van der Waals surface area contributed by atoms with Crippen molar-refractivity contribution in [1.29, 1.82) is 0 Å². The number of hydrogen-bond acceptors (Lipinski definition) is 16. The third-order valence-corrected chi connectivity index (χ3v) is 17.0. The summed E-state index contributed by atoms with van der Waals surface area (Å²) in [6.45, 7) is -0.137. The van der Waals surface area contributed by atoms with Crippen molar-refractivity contribution in [3.8, 4) is 5.75 Å². The quantitative estimate of drug-likeness (QED) is 0.0582. The molecule has 6 heterocycles. The third kappa shape index (κ3) is 19.5. The number of carbonyl (C=O) groups is 11. The maximum atomic E-state index is 15.0. The van der Waals surface area contributed by atoms with Crippen LogP contribution in [0.4, 0.5) is 8.78 Å². The van der Waals surface area contributed by atoms with E-state index in [1.54, 1.807) is 6.20 Å². The van der Waals surface area contributed by atoms with Crippen LogP contribution in [-0.4, -0.2) is 183 Å². The van der Waals surface area contributed by atoms with Gasteiger partial charge in [0.2, 0.25) is 59.1 Å². The molecule has 0 aliphatic carbocycles. The molecule has 3 aromatic carbocycles. The number of H-pyrrole nitrogens is 3. The number of amides is 10. The van der Waals surface area contributed by atoms with Crippen LogP contribution < -0.4 is 54.0 Å². The molecule has 2 bridgehead atoms. The van der Waals surface area contributed by atoms with Gasteiger partial charge in [-0.2, -0.15) is 0 Å². The molecule has 8 atom stereocenters. The number of rotatable bonds is 15. The van der Waals surface area contributed by atoms with Gasteiger partial charge in [-0.25, -0.2) is 13.8 Å². The second kappa shape index (κ2) is 33.5. The Labute approximate surface area is 558 Å². The number of hydrogen-bond donors (Lipinski definition) is 15. The van der Waals surface area contributed by atoms with E-state index < -0.39 is 144 Å². The molecule has 0 unspecified atom stereocenters. The molecule has 31 nitrogen and oxygen atoms in total. The second-order valence-electron chi connectivity index (χ2n) is 24.3. The molecule has 7 aromatic rings. The molecule has 4 aromatic heterocycles. The van der Waals surface area contributed by atoms with Crippen molar-refractivity contribution < 1.29 is 71.7 Å². The Morgan fingerprint density at radius 3 is 1.85 bits per heavy atom. The first kappa shape index (κ1) is 71.2. The SMILES string of the molecule is NCCCC[C@@H]1NC(=O)CCCCn2cc(nn2)CC[C@@H](C(N)=O)NC(=O)[C@@H]2CCCN2C(=O)[C@H](Cc2ccc(O)cc2)NC(=O)[C@H](Cc2cnc[nH]2)NC(=O)[C@H](CC(=O)O)NC(=O)[C@H](Cc2c[nH]c3ccc(F)cc23)NC(=O)[C@H](Cc2c[nH]c3ccc(F)cc23)NC(=O)CNC1=O. The fourth-order valence-electron chi connectivity index (χ4n) is 11.9. The zero-order valence-electron chi connectivity index (χ0n) is 53.2. The number of carbonyl (C=O) groups excluding carboxylic acids is 10. The third-order valence-electron chi connectivity index (χ3n) is 17.0. The lowest BCUT2D eigenvalue weighted by molar-refractivity contribution is -0.143. The summed E-state index contributed by atoms with van der Waals surface area (Å²) in [6, 6.07) is 1.04. The highest BCUT2D eigenvalue weighted by Gasteiger charge is 2.41. The first-order chi connectivity index (χ1) is 47.1. The Bertz CT molecular complexity index is 4030. The first-order valence-electron chi connectivity index (χ1n) is 32.1. The summed E-state index contributed by atoms with van der Waals surface area (Å²) in [5.74, 6) is -12.1. The lowest BCUT2D eigenvalue weighted by Crippen LogP contribution is -2.61. The molecule has 98 heavy (non-hydrogen) atoms. The van der Waals surface area contributed by atoms with E-state index in [1.807, 2.05) is 0 Å². The van der Waals surface area contributed by atoms with E-state index in [2.05, 4.69) is 72.8 Å². The minimum Gasteiger partial charge on any atom is -0.508 e. The van der Waals surface area contributed by atoms with Gasteiger partial charge in [0.15, 0.2) is 0 Å². The number of halogens is 2. The number of aliphatic carboxylic acids is 1. The molecule has 17 N–H and O–H groups in total. The summed E-state index contributed by atoms with van der Waals surface area (Å²) in [5, 5.41) is 50.1. The first-order valence-corrected chi connectivity index (χ1v) is 32.1. The number of primary amides is 1. The van der Waals surface area contributed by atoms with Gasteiger partial charge < -0.3 is 84.1 Å². The number of carboxylic acid groups (broad SMARTS) is 1. The standard InChI is InChI=1S/C65H78F2N18O13/c66-38-11-16-45-43(25-38)36(29-71-45)23-49-60(93)78-50(24-37-30-72-46-17-12-39(67)26-44(37)46)61(94)80-52(28-57(89)90)63(96)79-51(27-41-31-70-34-74-41)62(95)81-53(22-35-9-14-42(86)15-10-35)65(98)85-21-5-7-54(85)64(97)77-47(58(69)91)18-13-40-33-84(83-82-40)20-4-2-8-55(87)75-48(6-1-3-19-68)59(92)73-32-56(88)76-49/h9-12,14-17,25-26,29-31,33-34,47-54,71-72,86H,1-8,13,18-24,27-28,32,68H2,(H2,69,91)(H,70,74)(H,73,92)(H,75,87)(H,76,88)(H,77,97)(H,78,93)(H,79,96)(H,80,94)(H,81,95)(H,89,90)/t47-,48-,49-,50-,51-,52-,53-,54-/m0/s1. The van der Waals surface area contributed by atoms with Crippen LogP contribution in [0.15, 0.2) is 91.8 Å². The van der Waals surface area contributed by atoms with Crippen LogP contribution in [0.5, 0.6) is 5.75 Å². The summed E-state index contributed by atoms with van der Waals surface area (Å²) in [6.07, 6.45) is 6.84. The zero-order chi connectivity index (χ0) is 70.0. The number of carboxylic acids is 1. The van der Waals surface area contributed by atoms with Crippen LogP contribution >= 0.6 is 0 Å². The average molecular weight is 1360 g/mol. The average Bonchev–Trinajstić information content (AvgIpc) is 1.89. The molecule has 0 radical (unpaired) electrons. The maximum absolute atomic E-state index is 15.0. The van der Waals surface area contributed by atoms with Gasteiger partial charge in [-0.3, -0.25) is 57.4 Å². The Balaban J connectivity index is 1.05. The predicted octanol–water partition coefficient (Wildman–Crippen LogP) is -0.375. The molecule has 10 amide bonds. The van der Waals surface area contributed by atoms with Crippen molar-refractivity contribution in [2.75, 3.05) is 19.6 Å². The van der Waals surface area contributed by atoms with Crippen molar-refractivity contribution in [3.05, 3.63) is 131 Å². The molecule has 1 saturated heterocycles. The number of fused-ring (bicyclic) bond motifs is 5. The fourth-order valence-corrected chi connectivity index (χ4v) is 11.9. The van der Waals surface area contributed by atoms with E-state index in [9.17, 15) is 62.1 Å². The highest BCUT2D eigenvalue weighted by Crippen LogP contribution is 2.25. The minimum atomic E-state index is -2.05. The number of benzene rings is 3. The Kier molecular flexibility index (Phi) is 24.3. The zero-order valence-corrected chi connectivity index (χ0v) is 53.2. The molecule has 2 aliphatic heterocycles. The van der Waals surface area contributed by atoms with E-state index in [1.165, 1.54) is 89.1 Å². The van der Waals surface area contributed by atoms with Gasteiger partial charge in [0.25, 0.3) is 0 Å². The van der Waals surface area contributed by atoms with Crippen molar-refractivity contribution in [3.63, 3.8) is 0 Å². The molecule has 0 saturated carbocycles. The van der Waals surface area contributed by atoms with Crippen molar-refractivity contribution in [2.45, 2.75) is 151 Å². The number of phenolic OH excluding ortho intramolecular Hbond substituents is 1. The molecule has 2 aliphatic rings. The van der Waals surface area contributed by atoms with Crippen molar-refractivity contribution in [1.82, 2.24) is 82.4 Å². The minimum absolute atomic E-state index is 0.0188. The lowest BCUT2D eigenvalue weighted by atomic mass is 10.0. The van der Waals surface area contributed by atoms with Crippen LogP contribution in [0.3, 0.4) is 0 Å². The van der Waals surface area contributed by atoms with Gasteiger partial charge in [-0.1, -0.05) is 17.3 Å². The van der Waals surface area contributed by atoms with Crippen molar-refractivity contribution in [2.24, 2.45) is 11.5 Å². The van der Waals surface area contributed by atoms with E-state index >= 15 is 9.59 Å². The maximum Gasteiger partial charge on any atom is 0.305 e. The summed E-state index contributed by atoms with van der Waals surface area (Å²) in [4.78, 5) is 170. The van der Waals surface area contributed by atoms with Crippen LogP contribution in [0.2, 0.25) is 0 Å². The largest absolute Gasteiger partial charge is 0.508 e. The van der Waals surface area contributed by atoms with Crippen LogP contribution in [0.25, 0.3) is 21.8 Å². The van der Waals surface area contributed by atoms with Gasteiger partial charge in [-0.15, -0.1) is 5.10 Å². The second-order valence-corrected chi connectivity index (χ2v) is 24.3. The number of aromatic hydroxyl groups is 1. The monoisotopic (exact) mass is 1360 g/mol. The molecule has 520 valence electrons. The smallest absolute Gasteiger partial charge is 0.305 e. The summed E-state index contributed by atoms with van der Waals surface area (Å²) < 4.78 is 31.3. The van der Waals surface area contributed by atoms with Gasteiger partial charge in [0.1, 0.15) is 65.7 Å². The fraction of sp³-hybridized carbons (Fsp3) is 0.415. The number of unbranched alkanes of at least 4 members (excludes halogenated alkanes) is 1. The van der Waals surface area contributed by atoms with E-state index in [0.717, 1.165) is 6.07 Å². The Morgan fingerprint density at radius 2 is 1.22 bits per heavy atom. The van der Waals surface area contributed by atoms with Crippen LogP contribution in [0, 0.1) is 11.6 Å². The number of nitrogens with one attached hydrogen (secondary N) is 11. The summed E-state index contributed by atoms with van der Waals surface area (Å²) in [5.41, 5.74) is 14.1. The van der Waals surface area contributed by atoms with Crippen molar-refractivity contribution >= 4 is 86.8 Å². The molecule has 33 heteroatoms. The normalized spacial score (nSPS) is 22.2. The topological polar surface area (TPSA) is 471 Å². The molecular weight excluding hydrogens is 1280 g/mol. The van der Waals surface area contributed by atoms with Gasteiger partial charge in [-0.05, 0) is 130 Å². The number of aromatic amines is 3. The number of nitrogens with two attached hydrogens (primary N) is 2. The molecule has 9 rings (SSSR count). The highest BCUT2D eigenvalue weighted by molar-refractivity contribution is 6.00. The summed E-state index contributed by atoms with van der Waals surface area (Å²) >= 11 is 0. The highest BCUT2D eigenvalue weighted by atomic mass is 19.1. The van der Waals surface area contributed by atoms with E-state index in [-0.39, 0.29) is 86.8 Å². The molecule has 1 fully saturated rings. The molecule has 0 spiro atoms. The number of aryl methyl sites for hydroxylation is 2. The Hall–Kier alpha value is -11.1. The van der Waals surface area contributed by atoms with Crippen LogP contribution in [0.1, 0.15) is 92.3 Å². The number of imidazole rings is 1. The van der Waals surface area contributed by atoms with Crippen LogP contribution in [-0.2, 0) is 91.4 Å². The number of nitrogens with zero attached hydrogens (tertiary/aromatic N) is 5. The molecular formula is C65H78F2N18O13. The van der Waals surface area contributed by atoms with Gasteiger partial charge in [0.05, 0.1) is 25.0 Å². The predicted molar refractivity (Wildman–Crippen MR) is 346 cm³/mol. The number of aromatic nitrogens is 7. The van der Waals surface area contributed by atoms with Gasteiger partial charge in [0, 0.05) is 97.5 Å². The summed E-state index contributed by atoms with van der Waals surface area (Å²) in [7, 11) is 0. The van der Waals surface area contributed by atoms with E-state index in [4.69, 9.17) is 11.5 Å². The van der Waals surface area contributed by atoms with Gasteiger partial charge >= 0.3 is 5.97 Å². The lowest BCUT2D eigenvalue weighted by Gasteiger charge is -2.31.